The van der Waals surface area contributed by atoms with Crippen molar-refractivity contribution in [2.75, 3.05) is 6.54 Å². The molecule has 0 saturated heterocycles. The van der Waals surface area contributed by atoms with Gasteiger partial charge in [-0.3, -0.25) is 4.79 Å². The summed E-state index contributed by atoms with van der Waals surface area (Å²) in [5, 5.41) is 11.9. The molecule has 0 unspecified atom stereocenters. The van der Waals surface area contributed by atoms with Crippen LogP contribution in [-0.4, -0.2) is 44.0 Å². The number of rotatable bonds is 12. The van der Waals surface area contributed by atoms with Crippen molar-refractivity contribution in [2.45, 2.75) is 49.6 Å². The minimum atomic E-state index is -3.99. The van der Waals surface area contributed by atoms with Gasteiger partial charge < -0.3 is 16.2 Å². The van der Waals surface area contributed by atoms with Crippen molar-refractivity contribution in [3.8, 4) is 0 Å². The number of aliphatic carboxylic acids is 1. The van der Waals surface area contributed by atoms with Gasteiger partial charge in [0.15, 0.2) is 0 Å². The van der Waals surface area contributed by atoms with Gasteiger partial charge in [0.05, 0.1) is 4.90 Å². The molecule has 2 aromatic rings. The van der Waals surface area contributed by atoms with Crippen molar-refractivity contribution in [1.82, 2.24) is 10.0 Å². The molecule has 2 atom stereocenters. The quantitative estimate of drug-likeness (QED) is 0.364. The van der Waals surface area contributed by atoms with Crippen molar-refractivity contribution in [3.05, 3.63) is 65.7 Å². The molecule has 0 aromatic heterocycles. The van der Waals surface area contributed by atoms with E-state index in [9.17, 15) is 23.1 Å². The molecule has 0 radical (unpaired) electrons. The fourth-order valence-corrected chi connectivity index (χ4v) is 4.23. The van der Waals surface area contributed by atoms with Crippen LogP contribution >= 0.6 is 0 Å². The van der Waals surface area contributed by atoms with Crippen molar-refractivity contribution < 1.29 is 23.1 Å². The Bertz CT molecular complexity index is 962. The summed E-state index contributed by atoms with van der Waals surface area (Å²) in [5.74, 6) is -1.87. The Morgan fingerprint density at radius 3 is 2.23 bits per heavy atom. The fourth-order valence-electron chi connectivity index (χ4n) is 3.03. The van der Waals surface area contributed by atoms with E-state index >= 15 is 0 Å². The second-order valence-corrected chi connectivity index (χ2v) is 9.07. The van der Waals surface area contributed by atoms with Crippen molar-refractivity contribution in [3.63, 3.8) is 0 Å². The number of carboxylic acid groups (broad SMARTS) is 1. The first-order chi connectivity index (χ1) is 14.7. The Morgan fingerprint density at radius 2 is 1.65 bits per heavy atom. The van der Waals surface area contributed by atoms with Crippen LogP contribution in [0.25, 0.3) is 0 Å². The lowest BCUT2D eigenvalue weighted by atomic mass is 10.0. The number of sulfonamides is 1. The number of hydrogen-bond acceptors (Lipinski definition) is 5. The molecule has 1 amide bonds. The van der Waals surface area contributed by atoms with Gasteiger partial charge in [0, 0.05) is 0 Å². The van der Waals surface area contributed by atoms with Gasteiger partial charge in [0.25, 0.3) is 0 Å². The SMILES string of the molecule is Cc1ccc(S(=O)(=O)N[C@H](Cc2ccccc2)C(=O)N[C@@H](CCCCN)C(=O)O)cc1. The number of nitrogens with two attached hydrogens (primary N) is 1. The summed E-state index contributed by atoms with van der Waals surface area (Å²) in [6.45, 7) is 2.26. The first kappa shape index (κ1) is 24.5. The highest BCUT2D eigenvalue weighted by atomic mass is 32.2. The standard InChI is InChI=1S/C22H29N3O5S/c1-16-10-12-18(13-11-16)31(29,30)25-20(15-17-7-3-2-4-8-17)21(26)24-19(22(27)28)9-5-6-14-23/h2-4,7-8,10-13,19-20,25H,5-6,9,14-15,23H2,1H3,(H,24,26)(H,27,28)/t19-,20+/m0/s1. The smallest absolute Gasteiger partial charge is 0.326 e. The first-order valence-electron chi connectivity index (χ1n) is 10.1. The maximum absolute atomic E-state index is 12.9. The van der Waals surface area contributed by atoms with Crippen LogP contribution < -0.4 is 15.8 Å². The summed E-state index contributed by atoms with van der Waals surface area (Å²) >= 11 is 0. The minimum Gasteiger partial charge on any atom is -0.480 e. The average molecular weight is 448 g/mol. The number of aryl methyl sites for hydroxylation is 1. The molecule has 0 spiro atoms. The highest BCUT2D eigenvalue weighted by Crippen LogP contribution is 2.13. The Kier molecular flexibility index (Phi) is 9.17. The summed E-state index contributed by atoms with van der Waals surface area (Å²) in [4.78, 5) is 24.5. The molecule has 2 rings (SSSR count). The van der Waals surface area contributed by atoms with Gasteiger partial charge in [0.2, 0.25) is 15.9 Å². The number of amides is 1. The van der Waals surface area contributed by atoms with E-state index in [0.29, 0.717) is 19.4 Å². The Balaban J connectivity index is 2.23. The molecular weight excluding hydrogens is 418 g/mol. The molecule has 2 aromatic carbocycles. The minimum absolute atomic E-state index is 0.0293. The Labute approximate surface area is 182 Å². The van der Waals surface area contributed by atoms with E-state index in [1.165, 1.54) is 12.1 Å². The van der Waals surface area contributed by atoms with Crippen LogP contribution in [-0.2, 0) is 26.0 Å². The molecule has 0 bridgehead atoms. The molecule has 0 aliphatic carbocycles. The Hall–Kier alpha value is -2.75. The lowest BCUT2D eigenvalue weighted by Gasteiger charge is -2.22. The van der Waals surface area contributed by atoms with Gasteiger partial charge in [-0.05, 0) is 56.8 Å². The van der Waals surface area contributed by atoms with Crippen LogP contribution in [0, 0.1) is 6.92 Å². The van der Waals surface area contributed by atoms with Crippen molar-refractivity contribution in [1.29, 1.82) is 0 Å². The van der Waals surface area contributed by atoms with Gasteiger partial charge in [0.1, 0.15) is 12.1 Å². The van der Waals surface area contributed by atoms with Crippen molar-refractivity contribution in [2.24, 2.45) is 5.73 Å². The third-order valence-electron chi connectivity index (χ3n) is 4.79. The zero-order valence-corrected chi connectivity index (χ0v) is 18.3. The molecule has 0 aliphatic rings. The molecule has 8 nitrogen and oxygen atoms in total. The monoisotopic (exact) mass is 447 g/mol. The van der Waals surface area contributed by atoms with E-state index in [1.54, 1.807) is 36.4 Å². The number of carbonyl (C=O) groups excluding carboxylic acids is 1. The van der Waals surface area contributed by atoms with E-state index in [1.807, 2.05) is 13.0 Å². The summed E-state index contributed by atoms with van der Waals surface area (Å²) in [6, 6.07) is 12.9. The normalized spacial score (nSPS) is 13.4. The largest absolute Gasteiger partial charge is 0.480 e. The molecule has 31 heavy (non-hydrogen) atoms. The molecule has 168 valence electrons. The highest BCUT2D eigenvalue weighted by molar-refractivity contribution is 7.89. The highest BCUT2D eigenvalue weighted by Gasteiger charge is 2.29. The second kappa shape index (κ2) is 11.6. The van der Waals surface area contributed by atoms with Crippen LogP contribution in [0.1, 0.15) is 30.4 Å². The van der Waals surface area contributed by atoms with Gasteiger partial charge in [-0.1, -0.05) is 48.0 Å². The summed E-state index contributed by atoms with van der Waals surface area (Å²) in [5.41, 5.74) is 7.09. The van der Waals surface area contributed by atoms with E-state index in [-0.39, 0.29) is 17.7 Å². The van der Waals surface area contributed by atoms with E-state index in [2.05, 4.69) is 10.0 Å². The van der Waals surface area contributed by atoms with E-state index in [4.69, 9.17) is 5.73 Å². The topological polar surface area (TPSA) is 139 Å². The van der Waals surface area contributed by atoms with Crippen LogP contribution in [0.3, 0.4) is 0 Å². The van der Waals surface area contributed by atoms with Gasteiger partial charge in [-0.2, -0.15) is 4.72 Å². The van der Waals surface area contributed by atoms with Crippen LogP contribution in [0.5, 0.6) is 0 Å². The Morgan fingerprint density at radius 1 is 1.00 bits per heavy atom. The maximum Gasteiger partial charge on any atom is 0.326 e. The van der Waals surface area contributed by atoms with E-state index in [0.717, 1.165) is 11.1 Å². The fraction of sp³-hybridized carbons (Fsp3) is 0.364. The maximum atomic E-state index is 12.9. The van der Waals surface area contributed by atoms with Gasteiger partial charge >= 0.3 is 5.97 Å². The molecule has 9 heteroatoms. The number of carboxylic acids is 1. The average Bonchev–Trinajstić information content (AvgIpc) is 2.73. The molecule has 5 N–H and O–H groups in total. The third kappa shape index (κ3) is 7.78. The van der Waals surface area contributed by atoms with Gasteiger partial charge in [-0.25, -0.2) is 13.2 Å². The first-order valence-corrected chi connectivity index (χ1v) is 11.6. The number of hydrogen-bond donors (Lipinski definition) is 4. The second-order valence-electron chi connectivity index (χ2n) is 7.36. The lowest BCUT2D eigenvalue weighted by molar-refractivity contribution is -0.142. The predicted molar refractivity (Wildman–Crippen MR) is 118 cm³/mol. The summed E-state index contributed by atoms with van der Waals surface area (Å²) in [7, 11) is -3.99. The van der Waals surface area contributed by atoms with Gasteiger partial charge in [-0.15, -0.1) is 0 Å². The third-order valence-corrected chi connectivity index (χ3v) is 6.28. The number of benzene rings is 2. The summed E-state index contributed by atoms with van der Waals surface area (Å²) < 4.78 is 28.2. The zero-order valence-electron chi connectivity index (χ0n) is 17.5. The van der Waals surface area contributed by atoms with Crippen LogP contribution in [0.2, 0.25) is 0 Å². The molecule has 0 saturated carbocycles. The van der Waals surface area contributed by atoms with Crippen LogP contribution in [0.15, 0.2) is 59.5 Å². The summed E-state index contributed by atoms with van der Waals surface area (Å²) in [6.07, 6.45) is 1.45. The van der Waals surface area contributed by atoms with Crippen LogP contribution in [0.4, 0.5) is 0 Å². The van der Waals surface area contributed by atoms with Crippen molar-refractivity contribution >= 4 is 21.9 Å². The number of carbonyl (C=O) groups is 2. The molecule has 0 fully saturated rings. The lowest BCUT2D eigenvalue weighted by Crippen LogP contribution is -2.52. The van der Waals surface area contributed by atoms with E-state index < -0.39 is 34.0 Å². The molecular formula is C22H29N3O5S. The molecule has 0 aliphatic heterocycles. The predicted octanol–water partition coefficient (Wildman–Crippen LogP) is 1.58. The molecule has 0 heterocycles. The number of nitrogens with one attached hydrogen (secondary N) is 2. The number of unbranched alkanes of at least 4 members (excludes halogenated alkanes) is 1. The zero-order chi connectivity index (χ0) is 22.9.